The Morgan fingerprint density at radius 2 is 1.93 bits per heavy atom. The Balaban J connectivity index is 1.44. The molecule has 1 amide bonds. The summed E-state index contributed by atoms with van der Waals surface area (Å²) in [6.07, 6.45) is 1.82. The van der Waals surface area contributed by atoms with Gasteiger partial charge in [0.25, 0.3) is 5.91 Å². The SMILES string of the molecule is CCCc1nnc2sc(-c3cccc(NC(=O)COc4cc(C)cc(C)c4)c3)nn12. The molecule has 0 spiro atoms. The fourth-order valence-corrected chi connectivity index (χ4v) is 4.10. The van der Waals surface area contributed by atoms with E-state index in [1.54, 1.807) is 4.52 Å². The first kappa shape index (κ1) is 20.0. The molecule has 8 heteroatoms. The lowest BCUT2D eigenvalue weighted by Crippen LogP contribution is -2.20. The highest BCUT2D eigenvalue weighted by Gasteiger charge is 2.13. The van der Waals surface area contributed by atoms with Gasteiger partial charge in [-0.3, -0.25) is 4.79 Å². The van der Waals surface area contributed by atoms with Gasteiger partial charge in [0.2, 0.25) is 4.96 Å². The number of nitrogens with one attached hydrogen (secondary N) is 1. The molecule has 2 heterocycles. The van der Waals surface area contributed by atoms with Crippen LogP contribution in [-0.4, -0.2) is 32.3 Å². The van der Waals surface area contributed by atoms with E-state index >= 15 is 0 Å². The van der Waals surface area contributed by atoms with E-state index < -0.39 is 0 Å². The van der Waals surface area contributed by atoms with Crippen LogP contribution >= 0.6 is 11.3 Å². The molecule has 0 aliphatic heterocycles. The number of anilines is 1. The van der Waals surface area contributed by atoms with Gasteiger partial charge < -0.3 is 10.1 Å². The van der Waals surface area contributed by atoms with Gasteiger partial charge in [0.15, 0.2) is 12.4 Å². The first-order valence-corrected chi connectivity index (χ1v) is 10.7. The number of carbonyl (C=O) groups excluding carboxylic acids is 1. The summed E-state index contributed by atoms with van der Waals surface area (Å²) in [5.41, 5.74) is 3.82. The van der Waals surface area contributed by atoms with Gasteiger partial charge in [0.1, 0.15) is 10.8 Å². The number of hydrogen-bond donors (Lipinski definition) is 1. The van der Waals surface area contributed by atoms with Crippen LogP contribution in [-0.2, 0) is 11.2 Å². The zero-order valence-corrected chi connectivity index (χ0v) is 18.0. The summed E-state index contributed by atoms with van der Waals surface area (Å²) >= 11 is 1.48. The minimum Gasteiger partial charge on any atom is -0.484 e. The first-order valence-electron chi connectivity index (χ1n) is 9.84. The van der Waals surface area contributed by atoms with E-state index in [9.17, 15) is 4.79 Å². The molecule has 30 heavy (non-hydrogen) atoms. The van der Waals surface area contributed by atoms with Gasteiger partial charge in [0, 0.05) is 17.7 Å². The van der Waals surface area contributed by atoms with Crippen LogP contribution in [0.4, 0.5) is 5.69 Å². The lowest BCUT2D eigenvalue weighted by Gasteiger charge is -2.09. The highest BCUT2D eigenvalue weighted by Crippen LogP contribution is 2.27. The highest BCUT2D eigenvalue weighted by atomic mass is 32.1. The molecule has 4 rings (SSSR count). The van der Waals surface area contributed by atoms with Crippen molar-refractivity contribution in [2.24, 2.45) is 0 Å². The first-order chi connectivity index (χ1) is 14.5. The van der Waals surface area contributed by atoms with Crippen molar-refractivity contribution < 1.29 is 9.53 Å². The molecular weight excluding hydrogens is 398 g/mol. The van der Waals surface area contributed by atoms with Crippen molar-refractivity contribution in [2.45, 2.75) is 33.6 Å². The Hall–Kier alpha value is -3.26. The molecule has 0 radical (unpaired) electrons. The van der Waals surface area contributed by atoms with E-state index in [0.717, 1.165) is 45.3 Å². The number of rotatable bonds is 7. The summed E-state index contributed by atoms with van der Waals surface area (Å²) in [5, 5.41) is 16.8. The molecule has 0 atom stereocenters. The number of ether oxygens (including phenoxy) is 1. The molecule has 154 valence electrons. The summed E-state index contributed by atoms with van der Waals surface area (Å²) in [7, 11) is 0. The van der Waals surface area contributed by atoms with Crippen molar-refractivity contribution >= 4 is 27.9 Å². The Bertz CT molecular complexity index is 1180. The molecule has 0 aliphatic rings. The average molecular weight is 422 g/mol. The Morgan fingerprint density at radius 1 is 1.13 bits per heavy atom. The molecule has 2 aromatic heterocycles. The van der Waals surface area contributed by atoms with E-state index in [1.807, 2.05) is 50.2 Å². The van der Waals surface area contributed by atoms with Crippen molar-refractivity contribution in [1.29, 1.82) is 0 Å². The van der Waals surface area contributed by atoms with Crippen LogP contribution in [0.15, 0.2) is 42.5 Å². The number of hydrogen-bond acceptors (Lipinski definition) is 6. The van der Waals surface area contributed by atoms with Crippen molar-refractivity contribution in [3.8, 4) is 16.3 Å². The van der Waals surface area contributed by atoms with Crippen molar-refractivity contribution in [3.63, 3.8) is 0 Å². The maximum Gasteiger partial charge on any atom is 0.262 e. The van der Waals surface area contributed by atoms with Crippen molar-refractivity contribution in [2.75, 3.05) is 11.9 Å². The number of benzene rings is 2. The summed E-state index contributed by atoms with van der Waals surface area (Å²) < 4.78 is 7.44. The standard InChI is InChI=1S/C22H23N5O2S/c1-4-6-19-24-25-22-27(19)26-21(30-22)16-7-5-8-17(12-16)23-20(28)13-29-18-10-14(2)9-15(3)11-18/h5,7-12H,4,6,13H2,1-3H3,(H,23,28). The second kappa shape index (κ2) is 8.62. The minimum absolute atomic E-state index is 0.0513. The number of aromatic nitrogens is 4. The van der Waals surface area contributed by atoms with E-state index in [0.29, 0.717) is 11.4 Å². The molecule has 4 aromatic rings. The highest BCUT2D eigenvalue weighted by molar-refractivity contribution is 7.19. The fraction of sp³-hybridized carbons (Fsp3) is 0.273. The van der Waals surface area contributed by atoms with Crippen LogP contribution in [0.3, 0.4) is 0 Å². The van der Waals surface area contributed by atoms with Crippen molar-refractivity contribution in [3.05, 3.63) is 59.4 Å². The van der Waals surface area contributed by atoms with Gasteiger partial charge in [-0.25, -0.2) is 0 Å². The van der Waals surface area contributed by atoms with Gasteiger partial charge in [-0.05, 0) is 55.7 Å². The predicted molar refractivity (Wildman–Crippen MR) is 118 cm³/mol. The molecule has 0 saturated carbocycles. The van der Waals surface area contributed by atoms with Gasteiger partial charge in [-0.15, -0.1) is 10.2 Å². The van der Waals surface area contributed by atoms with Gasteiger partial charge in [0.05, 0.1) is 0 Å². The maximum absolute atomic E-state index is 12.3. The van der Waals surface area contributed by atoms with Crippen LogP contribution in [0.25, 0.3) is 15.5 Å². The summed E-state index contributed by atoms with van der Waals surface area (Å²) in [6.45, 7) is 6.06. The van der Waals surface area contributed by atoms with E-state index in [2.05, 4.69) is 33.6 Å². The Morgan fingerprint density at radius 3 is 2.70 bits per heavy atom. The third-order valence-electron chi connectivity index (χ3n) is 4.49. The largest absolute Gasteiger partial charge is 0.484 e. The van der Waals surface area contributed by atoms with Gasteiger partial charge in [-0.1, -0.05) is 36.5 Å². The zero-order valence-electron chi connectivity index (χ0n) is 17.2. The molecule has 0 unspecified atom stereocenters. The molecule has 0 fully saturated rings. The van der Waals surface area contributed by atoms with E-state index in [4.69, 9.17) is 4.74 Å². The number of aryl methyl sites for hydroxylation is 3. The summed E-state index contributed by atoms with van der Waals surface area (Å²) in [6, 6.07) is 13.5. The molecule has 2 aromatic carbocycles. The molecular formula is C22H23N5O2S. The lowest BCUT2D eigenvalue weighted by atomic mass is 10.1. The smallest absolute Gasteiger partial charge is 0.262 e. The molecule has 0 aliphatic carbocycles. The Kier molecular flexibility index (Phi) is 5.76. The molecule has 1 N–H and O–H groups in total. The lowest BCUT2D eigenvalue weighted by molar-refractivity contribution is -0.118. The predicted octanol–water partition coefficient (Wildman–Crippen LogP) is 4.44. The quantitative estimate of drug-likeness (QED) is 0.477. The molecule has 0 saturated heterocycles. The van der Waals surface area contributed by atoms with Crippen LogP contribution in [0.2, 0.25) is 0 Å². The van der Waals surface area contributed by atoms with Crippen molar-refractivity contribution in [1.82, 2.24) is 19.8 Å². The van der Waals surface area contributed by atoms with Gasteiger partial charge >= 0.3 is 0 Å². The van der Waals surface area contributed by atoms with Crippen LogP contribution in [0, 0.1) is 13.8 Å². The van der Waals surface area contributed by atoms with E-state index in [-0.39, 0.29) is 12.5 Å². The molecule has 7 nitrogen and oxygen atoms in total. The third-order valence-corrected chi connectivity index (χ3v) is 5.44. The van der Waals surface area contributed by atoms with Crippen LogP contribution < -0.4 is 10.1 Å². The molecule has 0 bridgehead atoms. The fourth-order valence-electron chi connectivity index (χ4n) is 3.25. The topological polar surface area (TPSA) is 81.4 Å². The minimum atomic E-state index is -0.213. The monoisotopic (exact) mass is 421 g/mol. The normalized spacial score (nSPS) is 11.0. The van der Waals surface area contributed by atoms with Gasteiger partial charge in [-0.2, -0.15) is 9.61 Å². The van der Waals surface area contributed by atoms with E-state index in [1.165, 1.54) is 11.3 Å². The number of amides is 1. The maximum atomic E-state index is 12.3. The number of carbonyl (C=O) groups is 1. The number of nitrogens with zero attached hydrogens (tertiary/aromatic N) is 4. The second-order valence-electron chi connectivity index (χ2n) is 7.21. The zero-order chi connectivity index (χ0) is 21.1. The summed E-state index contributed by atoms with van der Waals surface area (Å²) in [5.74, 6) is 1.34. The van der Waals surface area contributed by atoms with Crippen LogP contribution in [0.5, 0.6) is 5.75 Å². The number of fused-ring (bicyclic) bond motifs is 1. The second-order valence-corrected chi connectivity index (χ2v) is 8.16. The summed E-state index contributed by atoms with van der Waals surface area (Å²) in [4.78, 5) is 13.1. The average Bonchev–Trinajstić information content (AvgIpc) is 3.28. The third kappa shape index (κ3) is 4.49. The Labute approximate surface area is 178 Å². The van der Waals surface area contributed by atoms with Crippen LogP contribution in [0.1, 0.15) is 30.3 Å².